The minimum Gasteiger partial charge on any atom is -0.411 e. The Balaban J connectivity index is 2.34. The van der Waals surface area contributed by atoms with Crippen LogP contribution in [0.15, 0.2) is 40.6 Å². The molecule has 0 unspecified atom stereocenters. The van der Waals surface area contributed by atoms with Crippen molar-refractivity contribution in [2.24, 2.45) is 16.2 Å². The molecule has 0 fully saturated rings. The van der Waals surface area contributed by atoms with Gasteiger partial charge in [-0.25, -0.2) is 0 Å². The van der Waals surface area contributed by atoms with E-state index in [-0.39, 0.29) is 5.91 Å². The van der Waals surface area contributed by atoms with E-state index in [4.69, 9.17) is 5.21 Å². The number of benzene rings is 1. The van der Waals surface area contributed by atoms with E-state index in [0.717, 1.165) is 0 Å². The van der Waals surface area contributed by atoms with Crippen molar-refractivity contribution < 1.29 is 10.0 Å². The van der Waals surface area contributed by atoms with Gasteiger partial charge in [0.15, 0.2) is 0 Å². The van der Waals surface area contributed by atoms with Gasteiger partial charge in [0.1, 0.15) is 5.92 Å². The molecule has 0 saturated heterocycles. The molecule has 0 spiro atoms. The lowest BCUT2D eigenvalue weighted by atomic mass is 10.00. The van der Waals surface area contributed by atoms with Gasteiger partial charge in [-0.05, 0) is 26.0 Å². The van der Waals surface area contributed by atoms with Crippen LogP contribution in [0.2, 0.25) is 0 Å². The van der Waals surface area contributed by atoms with Crippen LogP contribution in [-0.2, 0) is 4.79 Å². The Bertz CT molecular complexity index is 494. The zero-order valence-electron chi connectivity index (χ0n) is 9.66. The smallest absolute Gasteiger partial charge is 0.262 e. The maximum Gasteiger partial charge on any atom is 0.262 e. The van der Waals surface area contributed by atoms with Gasteiger partial charge in [0.25, 0.3) is 5.91 Å². The second kappa shape index (κ2) is 4.37. The Morgan fingerprint density at radius 3 is 2.65 bits per heavy atom. The van der Waals surface area contributed by atoms with Crippen molar-refractivity contribution in [3.8, 4) is 0 Å². The van der Waals surface area contributed by atoms with E-state index >= 15 is 0 Å². The van der Waals surface area contributed by atoms with E-state index in [1.54, 1.807) is 13.8 Å². The van der Waals surface area contributed by atoms with Gasteiger partial charge in [0, 0.05) is 0 Å². The topological polar surface area (TPSA) is 65.3 Å². The summed E-state index contributed by atoms with van der Waals surface area (Å²) in [5.41, 5.74) is 1.70. The molecule has 1 aromatic carbocycles. The van der Waals surface area contributed by atoms with Crippen LogP contribution >= 0.6 is 0 Å². The van der Waals surface area contributed by atoms with Crippen LogP contribution in [0.1, 0.15) is 13.8 Å². The Morgan fingerprint density at radius 2 is 2.06 bits per heavy atom. The SMILES string of the molecule is CC1=NN(c2ccccc2)C(=O)[C@@H]1/C(C)=N\O. The molecule has 0 aliphatic carbocycles. The molecule has 0 bridgehead atoms. The summed E-state index contributed by atoms with van der Waals surface area (Å²) in [7, 11) is 0. The summed E-state index contributed by atoms with van der Waals surface area (Å²) >= 11 is 0. The number of para-hydroxylation sites is 1. The second-order valence-corrected chi connectivity index (χ2v) is 3.90. The van der Waals surface area contributed by atoms with Gasteiger partial charge >= 0.3 is 0 Å². The summed E-state index contributed by atoms with van der Waals surface area (Å²) in [6.07, 6.45) is 0. The molecular formula is C12H13N3O2. The highest BCUT2D eigenvalue weighted by atomic mass is 16.4. The summed E-state index contributed by atoms with van der Waals surface area (Å²) in [6, 6.07) is 9.17. The predicted octanol–water partition coefficient (Wildman–Crippen LogP) is 1.88. The van der Waals surface area contributed by atoms with Crippen molar-refractivity contribution in [1.82, 2.24) is 0 Å². The number of carbonyl (C=O) groups is 1. The van der Waals surface area contributed by atoms with Crippen LogP contribution in [0.3, 0.4) is 0 Å². The van der Waals surface area contributed by atoms with Gasteiger partial charge in [-0.15, -0.1) is 0 Å². The molecule has 5 heteroatoms. The van der Waals surface area contributed by atoms with E-state index in [0.29, 0.717) is 17.1 Å². The molecule has 1 N–H and O–H groups in total. The van der Waals surface area contributed by atoms with Crippen molar-refractivity contribution in [2.45, 2.75) is 13.8 Å². The minimum atomic E-state index is -0.555. The molecule has 1 aromatic rings. The third-order valence-electron chi connectivity index (χ3n) is 2.71. The predicted molar refractivity (Wildman–Crippen MR) is 65.4 cm³/mol. The van der Waals surface area contributed by atoms with Gasteiger partial charge in [0.05, 0.1) is 17.1 Å². The number of rotatable bonds is 2. The monoisotopic (exact) mass is 231 g/mol. The number of carbonyl (C=O) groups excluding carboxylic acids is 1. The van der Waals surface area contributed by atoms with Crippen molar-refractivity contribution in [2.75, 3.05) is 5.01 Å². The molecule has 2 rings (SSSR count). The molecule has 1 aliphatic rings. The number of anilines is 1. The lowest BCUT2D eigenvalue weighted by Gasteiger charge is -2.13. The summed E-state index contributed by atoms with van der Waals surface area (Å²) in [5.74, 6) is -0.746. The number of oxime groups is 1. The van der Waals surface area contributed by atoms with Gasteiger partial charge < -0.3 is 5.21 Å². The number of hydrogen-bond donors (Lipinski definition) is 1. The van der Waals surface area contributed by atoms with E-state index in [9.17, 15) is 4.79 Å². The van der Waals surface area contributed by atoms with Gasteiger partial charge in [0.2, 0.25) is 0 Å². The highest BCUT2D eigenvalue weighted by Gasteiger charge is 2.36. The third kappa shape index (κ3) is 1.91. The van der Waals surface area contributed by atoms with E-state index in [1.165, 1.54) is 5.01 Å². The van der Waals surface area contributed by atoms with Crippen molar-refractivity contribution in [3.63, 3.8) is 0 Å². The zero-order valence-corrected chi connectivity index (χ0v) is 9.66. The van der Waals surface area contributed by atoms with Crippen LogP contribution < -0.4 is 5.01 Å². The maximum absolute atomic E-state index is 12.1. The number of hydrogen-bond acceptors (Lipinski definition) is 4. The molecule has 1 heterocycles. The van der Waals surface area contributed by atoms with Gasteiger partial charge in [-0.3, -0.25) is 4.79 Å². The fourth-order valence-corrected chi connectivity index (χ4v) is 1.86. The Labute approximate surface area is 99.0 Å². The Kier molecular flexibility index (Phi) is 2.91. The van der Waals surface area contributed by atoms with Gasteiger partial charge in [-0.1, -0.05) is 23.4 Å². The quantitative estimate of drug-likeness (QED) is 0.479. The molecule has 0 saturated carbocycles. The largest absolute Gasteiger partial charge is 0.411 e. The molecule has 88 valence electrons. The average Bonchev–Trinajstić information content (AvgIpc) is 2.65. The fraction of sp³-hybridized carbons (Fsp3) is 0.250. The molecule has 5 nitrogen and oxygen atoms in total. The normalized spacial score (nSPS) is 20.7. The first-order chi connectivity index (χ1) is 8.15. The van der Waals surface area contributed by atoms with Crippen LogP contribution in [0, 0.1) is 5.92 Å². The van der Waals surface area contributed by atoms with Crippen LogP contribution in [0.4, 0.5) is 5.69 Å². The summed E-state index contributed by atoms with van der Waals surface area (Å²) in [5, 5.41) is 17.4. The Hall–Kier alpha value is -2.17. The Morgan fingerprint density at radius 1 is 1.41 bits per heavy atom. The van der Waals surface area contributed by atoms with Crippen molar-refractivity contribution in [1.29, 1.82) is 0 Å². The number of amides is 1. The van der Waals surface area contributed by atoms with Crippen LogP contribution in [-0.4, -0.2) is 22.5 Å². The molecule has 17 heavy (non-hydrogen) atoms. The average molecular weight is 231 g/mol. The first kappa shape index (κ1) is 11.3. The number of hydrazone groups is 1. The highest BCUT2D eigenvalue weighted by molar-refractivity contribution is 6.27. The summed E-state index contributed by atoms with van der Waals surface area (Å²) in [4.78, 5) is 12.1. The van der Waals surface area contributed by atoms with Crippen molar-refractivity contribution >= 4 is 23.0 Å². The third-order valence-corrected chi connectivity index (χ3v) is 2.71. The lowest BCUT2D eigenvalue weighted by Crippen LogP contribution is -2.31. The zero-order chi connectivity index (χ0) is 12.4. The molecule has 0 radical (unpaired) electrons. The van der Waals surface area contributed by atoms with E-state index < -0.39 is 5.92 Å². The first-order valence-electron chi connectivity index (χ1n) is 5.28. The fourth-order valence-electron chi connectivity index (χ4n) is 1.86. The van der Waals surface area contributed by atoms with Crippen molar-refractivity contribution in [3.05, 3.63) is 30.3 Å². The first-order valence-corrected chi connectivity index (χ1v) is 5.28. The molecule has 0 aromatic heterocycles. The van der Waals surface area contributed by atoms with E-state index in [1.807, 2.05) is 30.3 Å². The summed E-state index contributed by atoms with van der Waals surface area (Å²) in [6.45, 7) is 3.36. The molecular weight excluding hydrogens is 218 g/mol. The molecule has 1 amide bonds. The number of nitrogens with zero attached hydrogens (tertiary/aromatic N) is 3. The highest BCUT2D eigenvalue weighted by Crippen LogP contribution is 2.24. The minimum absolute atomic E-state index is 0.191. The second-order valence-electron chi connectivity index (χ2n) is 3.90. The summed E-state index contributed by atoms with van der Waals surface area (Å²) < 4.78 is 0. The van der Waals surface area contributed by atoms with E-state index in [2.05, 4.69) is 10.3 Å². The maximum atomic E-state index is 12.1. The molecule has 1 atom stereocenters. The molecule has 1 aliphatic heterocycles. The van der Waals surface area contributed by atoms with Gasteiger partial charge in [-0.2, -0.15) is 10.1 Å². The van der Waals surface area contributed by atoms with Crippen LogP contribution in [0.5, 0.6) is 0 Å². The van der Waals surface area contributed by atoms with Crippen LogP contribution in [0.25, 0.3) is 0 Å². The standard InChI is InChI=1S/C12H13N3O2/c1-8-11(9(2)14-17)12(16)15(13-8)10-6-4-3-5-7-10/h3-7,11,17H,1-2H3/b14-9-/t11-/m0/s1. The lowest BCUT2D eigenvalue weighted by molar-refractivity contribution is -0.118.